The first-order valence-electron chi connectivity index (χ1n) is 7.03. The van der Waals surface area contributed by atoms with Crippen LogP contribution in [-0.2, 0) is 11.2 Å². The van der Waals surface area contributed by atoms with Crippen molar-refractivity contribution in [2.24, 2.45) is 0 Å². The fourth-order valence-electron chi connectivity index (χ4n) is 1.91. The van der Waals surface area contributed by atoms with Crippen LogP contribution in [0, 0.1) is 0 Å². The molecular formula is C16H19ClN2O3. The fourth-order valence-corrected chi connectivity index (χ4v) is 2.14. The highest BCUT2D eigenvalue weighted by Gasteiger charge is 2.19. The van der Waals surface area contributed by atoms with Gasteiger partial charge in [0, 0.05) is 18.4 Å². The van der Waals surface area contributed by atoms with Gasteiger partial charge in [-0.3, -0.25) is 4.79 Å². The van der Waals surface area contributed by atoms with Crippen LogP contribution in [0.15, 0.2) is 34.9 Å². The number of aryl methyl sites for hydroxylation is 1. The van der Waals surface area contributed by atoms with Gasteiger partial charge in [0.05, 0.1) is 23.4 Å². The van der Waals surface area contributed by atoms with E-state index < -0.39 is 5.54 Å². The Morgan fingerprint density at radius 2 is 2.14 bits per heavy atom. The van der Waals surface area contributed by atoms with Crippen LogP contribution < -0.4 is 5.32 Å². The average molecular weight is 323 g/mol. The summed E-state index contributed by atoms with van der Waals surface area (Å²) < 4.78 is 5.63. The van der Waals surface area contributed by atoms with E-state index in [1.807, 2.05) is 18.2 Å². The number of hydrogen-bond donors (Lipinski definition) is 2. The molecule has 2 N–H and O–H groups in total. The maximum Gasteiger partial charge on any atom is 0.221 e. The van der Waals surface area contributed by atoms with Crippen molar-refractivity contribution in [3.63, 3.8) is 0 Å². The number of oxazole rings is 1. The molecule has 118 valence electrons. The molecule has 0 fully saturated rings. The molecule has 0 aliphatic carbocycles. The number of nitrogens with zero attached hydrogens (tertiary/aromatic N) is 1. The van der Waals surface area contributed by atoms with Gasteiger partial charge >= 0.3 is 0 Å². The Kier molecular flexibility index (Phi) is 5.21. The van der Waals surface area contributed by atoms with Crippen molar-refractivity contribution in [1.29, 1.82) is 0 Å². The molecule has 22 heavy (non-hydrogen) atoms. The minimum absolute atomic E-state index is 0.117. The maximum atomic E-state index is 11.8. The van der Waals surface area contributed by atoms with Gasteiger partial charge in [0.15, 0.2) is 11.7 Å². The SMILES string of the molecule is CC(C)(CO)NC(=O)CCc1ncc(-c2ccccc2Cl)o1. The molecule has 0 radical (unpaired) electrons. The lowest BCUT2D eigenvalue weighted by atomic mass is 10.1. The lowest BCUT2D eigenvalue weighted by molar-refractivity contribution is -0.123. The Balaban J connectivity index is 1.96. The summed E-state index contributed by atoms with van der Waals surface area (Å²) in [6, 6.07) is 7.34. The maximum absolute atomic E-state index is 11.8. The topological polar surface area (TPSA) is 75.4 Å². The minimum Gasteiger partial charge on any atom is -0.441 e. The van der Waals surface area contributed by atoms with Crippen LogP contribution in [0.4, 0.5) is 0 Å². The average Bonchev–Trinajstić information content (AvgIpc) is 2.94. The van der Waals surface area contributed by atoms with E-state index in [1.165, 1.54) is 0 Å². The predicted molar refractivity (Wildman–Crippen MR) is 84.6 cm³/mol. The quantitative estimate of drug-likeness (QED) is 0.857. The molecule has 0 atom stereocenters. The zero-order chi connectivity index (χ0) is 16.2. The molecule has 0 saturated heterocycles. The first-order chi connectivity index (χ1) is 10.4. The first kappa shape index (κ1) is 16.5. The minimum atomic E-state index is -0.629. The number of aliphatic hydroxyl groups is 1. The van der Waals surface area contributed by atoms with Crippen LogP contribution in [0.3, 0.4) is 0 Å². The summed E-state index contributed by atoms with van der Waals surface area (Å²) in [4.78, 5) is 16.0. The predicted octanol–water partition coefficient (Wildman–Crippen LogP) is 2.81. The zero-order valence-corrected chi connectivity index (χ0v) is 13.4. The number of hydrogen-bond acceptors (Lipinski definition) is 4. The number of carbonyl (C=O) groups is 1. The normalized spacial score (nSPS) is 11.5. The second kappa shape index (κ2) is 6.94. The zero-order valence-electron chi connectivity index (χ0n) is 12.6. The molecule has 0 unspecified atom stereocenters. The van der Waals surface area contributed by atoms with E-state index in [9.17, 15) is 4.79 Å². The molecule has 0 saturated carbocycles. The monoisotopic (exact) mass is 322 g/mol. The third-order valence-corrected chi connectivity index (χ3v) is 3.46. The second-order valence-electron chi connectivity index (χ2n) is 5.69. The van der Waals surface area contributed by atoms with Crippen molar-refractivity contribution in [3.05, 3.63) is 41.4 Å². The van der Waals surface area contributed by atoms with Crippen molar-refractivity contribution in [2.75, 3.05) is 6.61 Å². The molecular weight excluding hydrogens is 304 g/mol. The van der Waals surface area contributed by atoms with E-state index in [1.54, 1.807) is 26.1 Å². The van der Waals surface area contributed by atoms with Gasteiger partial charge in [-0.05, 0) is 26.0 Å². The smallest absolute Gasteiger partial charge is 0.221 e. The number of halogens is 1. The molecule has 0 spiro atoms. The highest BCUT2D eigenvalue weighted by atomic mass is 35.5. The molecule has 0 bridgehead atoms. The van der Waals surface area contributed by atoms with E-state index in [0.717, 1.165) is 5.56 Å². The summed E-state index contributed by atoms with van der Waals surface area (Å²) in [7, 11) is 0. The summed E-state index contributed by atoms with van der Waals surface area (Å²) in [6.07, 6.45) is 2.23. The van der Waals surface area contributed by atoms with Gasteiger partial charge < -0.3 is 14.8 Å². The summed E-state index contributed by atoms with van der Waals surface area (Å²) in [6.45, 7) is 3.39. The molecule has 1 heterocycles. The second-order valence-corrected chi connectivity index (χ2v) is 6.10. The molecule has 5 nitrogen and oxygen atoms in total. The molecule has 0 aliphatic heterocycles. The van der Waals surface area contributed by atoms with Crippen LogP contribution in [-0.4, -0.2) is 28.1 Å². The molecule has 1 aromatic heterocycles. The van der Waals surface area contributed by atoms with Crippen molar-refractivity contribution < 1.29 is 14.3 Å². The molecule has 2 rings (SSSR count). The van der Waals surface area contributed by atoms with E-state index in [-0.39, 0.29) is 18.9 Å². The number of rotatable bonds is 6. The number of aliphatic hydroxyl groups excluding tert-OH is 1. The van der Waals surface area contributed by atoms with Crippen LogP contribution in [0.25, 0.3) is 11.3 Å². The molecule has 1 amide bonds. The van der Waals surface area contributed by atoms with E-state index >= 15 is 0 Å². The summed E-state index contributed by atoms with van der Waals surface area (Å²) in [5, 5.41) is 12.5. The van der Waals surface area contributed by atoms with Crippen molar-refractivity contribution in [2.45, 2.75) is 32.2 Å². The van der Waals surface area contributed by atoms with Gasteiger partial charge in [-0.2, -0.15) is 0 Å². The summed E-state index contributed by atoms with van der Waals surface area (Å²) in [5.74, 6) is 0.903. The summed E-state index contributed by atoms with van der Waals surface area (Å²) in [5.41, 5.74) is 0.143. The Bertz CT molecular complexity index is 652. The Morgan fingerprint density at radius 1 is 1.41 bits per heavy atom. The Hall–Kier alpha value is -1.85. The molecule has 2 aromatic rings. The van der Waals surface area contributed by atoms with Gasteiger partial charge in [-0.25, -0.2) is 4.98 Å². The van der Waals surface area contributed by atoms with Crippen LogP contribution in [0.1, 0.15) is 26.2 Å². The van der Waals surface area contributed by atoms with Crippen LogP contribution in [0.5, 0.6) is 0 Å². The number of carbonyl (C=O) groups excluding carboxylic acids is 1. The number of nitrogens with one attached hydrogen (secondary N) is 1. The van der Waals surface area contributed by atoms with E-state index in [2.05, 4.69) is 10.3 Å². The lowest BCUT2D eigenvalue weighted by Gasteiger charge is -2.23. The standard InChI is InChI=1S/C16H19ClN2O3/c1-16(2,10-20)19-14(21)7-8-15-18-9-13(22-15)11-5-3-4-6-12(11)17/h3-6,9,20H,7-8,10H2,1-2H3,(H,19,21). The van der Waals surface area contributed by atoms with Gasteiger partial charge in [0.2, 0.25) is 5.91 Å². The van der Waals surface area contributed by atoms with Crippen molar-refractivity contribution >= 4 is 17.5 Å². The van der Waals surface area contributed by atoms with E-state index in [0.29, 0.717) is 23.1 Å². The van der Waals surface area contributed by atoms with Crippen molar-refractivity contribution in [1.82, 2.24) is 10.3 Å². The van der Waals surface area contributed by atoms with Gasteiger partial charge in [-0.15, -0.1) is 0 Å². The van der Waals surface area contributed by atoms with Crippen molar-refractivity contribution in [3.8, 4) is 11.3 Å². The highest BCUT2D eigenvalue weighted by molar-refractivity contribution is 6.33. The summed E-state index contributed by atoms with van der Waals surface area (Å²) >= 11 is 6.11. The lowest BCUT2D eigenvalue weighted by Crippen LogP contribution is -2.46. The number of benzene rings is 1. The van der Waals surface area contributed by atoms with Gasteiger partial charge in [0.1, 0.15) is 0 Å². The third-order valence-electron chi connectivity index (χ3n) is 3.13. The molecule has 6 heteroatoms. The van der Waals surface area contributed by atoms with Crippen LogP contribution >= 0.6 is 11.6 Å². The Morgan fingerprint density at radius 3 is 2.82 bits per heavy atom. The molecule has 0 aliphatic rings. The highest BCUT2D eigenvalue weighted by Crippen LogP contribution is 2.28. The van der Waals surface area contributed by atoms with Gasteiger partial charge in [-0.1, -0.05) is 23.7 Å². The number of aromatic nitrogens is 1. The van der Waals surface area contributed by atoms with E-state index in [4.69, 9.17) is 21.1 Å². The Labute approximate surface area is 134 Å². The van der Waals surface area contributed by atoms with Gasteiger partial charge in [0.25, 0.3) is 0 Å². The van der Waals surface area contributed by atoms with Crippen LogP contribution in [0.2, 0.25) is 5.02 Å². The largest absolute Gasteiger partial charge is 0.441 e. The fraction of sp³-hybridized carbons (Fsp3) is 0.375. The first-order valence-corrected chi connectivity index (χ1v) is 7.40. The molecule has 1 aromatic carbocycles. The number of amides is 1. The third kappa shape index (κ3) is 4.32.